The Bertz CT molecular complexity index is 8.00. The Labute approximate surface area is 74.5 Å². The van der Waals surface area contributed by atoms with Crippen LogP contribution in [0.5, 0.6) is 0 Å². The van der Waals surface area contributed by atoms with E-state index >= 15 is 0 Å². The first-order valence-electron chi connectivity index (χ1n) is 0.183. The predicted octanol–water partition coefficient (Wildman–Crippen LogP) is -2.60. The quantitative estimate of drug-likeness (QED) is 0.424. The van der Waals surface area contributed by atoms with Crippen molar-refractivity contribution in [1.29, 1.82) is 0 Å². The van der Waals surface area contributed by atoms with Crippen LogP contribution in [0.15, 0.2) is 0 Å². The van der Waals surface area contributed by atoms with E-state index in [1.54, 1.807) is 0 Å². The molecule has 3 radical (unpaired) electrons. The minimum atomic E-state index is 0. The Morgan fingerprint density at radius 3 is 1.25 bits per heavy atom. The standard InChI is InChI=1S/In.O.Sb.Sn.5H. The maximum absolute atomic E-state index is 8.30. The summed E-state index contributed by atoms with van der Waals surface area (Å²) in [4.78, 5) is 0. The molecule has 1 nitrogen and oxygen atoms in total. The van der Waals surface area contributed by atoms with E-state index in [2.05, 4.69) is 0 Å². The van der Waals surface area contributed by atoms with Gasteiger partial charge in [0.05, 0.1) is 0 Å². The van der Waals surface area contributed by atoms with Gasteiger partial charge in [-0.3, -0.25) is 0 Å². The molecule has 0 amide bonds. The summed E-state index contributed by atoms with van der Waals surface area (Å²) < 4.78 is 8.30. The summed E-state index contributed by atoms with van der Waals surface area (Å²) in [6.45, 7) is 0. The van der Waals surface area contributed by atoms with Gasteiger partial charge in [-0.2, -0.15) is 0 Å². The average molecular weight is 376 g/mol. The van der Waals surface area contributed by atoms with Gasteiger partial charge in [0.15, 0.2) is 0 Å². The molecule has 0 unspecified atom stereocenters. The summed E-state index contributed by atoms with van der Waals surface area (Å²) in [5.41, 5.74) is 0. The van der Waals surface area contributed by atoms with Gasteiger partial charge in [0, 0.05) is 0 Å². The molecule has 0 aromatic rings. The normalized spacial score (nSPS) is 1.00. The van der Waals surface area contributed by atoms with Crippen molar-refractivity contribution in [3.05, 3.63) is 0 Å². The van der Waals surface area contributed by atoms with Crippen molar-refractivity contribution >= 4 is 72.8 Å². The first-order chi connectivity index (χ1) is 1.00. The molecule has 0 aliphatic rings. The molecule has 4 heteroatoms. The van der Waals surface area contributed by atoms with Gasteiger partial charge in [-0.15, -0.1) is 0 Å². The number of rotatable bonds is 0. The second kappa shape index (κ2) is 18.6. The molecule has 4 heavy (non-hydrogen) atoms. The fourth-order valence-electron chi connectivity index (χ4n) is 0. The molecule has 0 rings (SSSR count). The summed E-state index contributed by atoms with van der Waals surface area (Å²) in [5, 5.41) is 0. The second-order valence-corrected chi connectivity index (χ2v) is 0. The van der Waals surface area contributed by atoms with Gasteiger partial charge >= 0.3 is 75.8 Å². The molecule has 0 aliphatic heterocycles. The predicted molar refractivity (Wildman–Crippen MR) is 24.9 cm³/mol. The van der Waals surface area contributed by atoms with E-state index in [-0.39, 0.29) is 49.8 Å². The molecule has 0 saturated carbocycles. The summed E-state index contributed by atoms with van der Waals surface area (Å²) >= 11 is 0.500. The Balaban J connectivity index is -0.00000000500. The fourth-order valence-corrected chi connectivity index (χ4v) is 0. The van der Waals surface area contributed by atoms with Gasteiger partial charge in [-0.25, -0.2) is 0 Å². The fraction of sp³-hybridized carbons (Fsp3) is 0. The van der Waals surface area contributed by atoms with Gasteiger partial charge in [0.2, 0.25) is 0 Å². The maximum atomic E-state index is 8.30. The van der Waals surface area contributed by atoms with Crippen LogP contribution in [0, 0.1) is 0 Å². The van der Waals surface area contributed by atoms with Crippen LogP contribution in [0.2, 0.25) is 0 Å². The third-order valence-corrected chi connectivity index (χ3v) is 0. The van der Waals surface area contributed by atoms with Crippen LogP contribution in [-0.2, 0) is 3.02 Å². The van der Waals surface area contributed by atoms with Crippen molar-refractivity contribution in [2.24, 2.45) is 0 Å². The number of hydrogen-bond acceptors (Lipinski definition) is 1. The molecule has 0 fully saturated rings. The Hall–Kier alpha value is 2.29. The van der Waals surface area contributed by atoms with Crippen LogP contribution in [-0.4, -0.2) is 72.8 Å². The van der Waals surface area contributed by atoms with Crippen LogP contribution in [0.3, 0.4) is 0 Å². The van der Waals surface area contributed by atoms with E-state index in [1.165, 1.54) is 0 Å². The molecule has 0 aromatic carbocycles. The molecular weight excluding hydrogens is 371 g/mol. The van der Waals surface area contributed by atoms with Crippen molar-refractivity contribution in [3.63, 3.8) is 0 Å². The summed E-state index contributed by atoms with van der Waals surface area (Å²) in [6, 6.07) is 0. The first kappa shape index (κ1) is 16.3. The molecule has 23 valence electrons. The SMILES string of the molecule is [InH3].[O]=[Sb].[SnH2]. The molecule has 0 aliphatic carbocycles. The molecule has 0 bridgehead atoms. The van der Waals surface area contributed by atoms with Crippen LogP contribution < -0.4 is 0 Å². The minimum absolute atomic E-state index is 0. The van der Waals surface area contributed by atoms with E-state index in [0.29, 0.717) is 23.0 Å². The van der Waals surface area contributed by atoms with Crippen molar-refractivity contribution < 1.29 is 3.02 Å². The van der Waals surface area contributed by atoms with E-state index in [1.807, 2.05) is 0 Å². The molecule has 0 spiro atoms. The molecule has 0 aromatic heterocycles. The zero-order valence-corrected chi connectivity index (χ0v) is 8.15. The Morgan fingerprint density at radius 1 is 1.25 bits per heavy atom. The average Bonchev–Trinajstić information content (AvgIpc) is 1.00. The van der Waals surface area contributed by atoms with Crippen LogP contribution in [0.25, 0.3) is 0 Å². The van der Waals surface area contributed by atoms with Crippen LogP contribution in [0.4, 0.5) is 0 Å². The summed E-state index contributed by atoms with van der Waals surface area (Å²) in [7, 11) is 0. The molecule has 0 atom stereocenters. The van der Waals surface area contributed by atoms with Gasteiger partial charge in [-0.1, -0.05) is 0 Å². The van der Waals surface area contributed by atoms with Crippen molar-refractivity contribution in [2.75, 3.05) is 0 Å². The summed E-state index contributed by atoms with van der Waals surface area (Å²) in [5.74, 6) is 0. The van der Waals surface area contributed by atoms with Crippen molar-refractivity contribution in [3.8, 4) is 0 Å². The van der Waals surface area contributed by atoms with Crippen LogP contribution >= 0.6 is 0 Å². The molecule has 0 heterocycles. The molecule has 0 N–H and O–H groups in total. The van der Waals surface area contributed by atoms with E-state index in [9.17, 15) is 0 Å². The first-order valence-corrected chi connectivity index (χ1v) is 1.22. The van der Waals surface area contributed by atoms with Gasteiger partial charge in [0.25, 0.3) is 0 Å². The van der Waals surface area contributed by atoms with E-state index in [0.717, 1.165) is 0 Å². The van der Waals surface area contributed by atoms with Gasteiger partial charge in [-0.05, 0) is 0 Å². The second-order valence-electron chi connectivity index (χ2n) is 0. The van der Waals surface area contributed by atoms with E-state index < -0.39 is 0 Å². The zero-order valence-electron chi connectivity index (χ0n) is 1.56. The Morgan fingerprint density at radius 2 is 1.25 bits per heavy atom. The Kier molecular flexibility index (Phi) is 75.5. The summed E-state index contributed by atoms with van der Waals surface area (Å²) in [6.07, 6.45) is 0. The van der Waals surface area contributed by atoms with Crippen LogP contribution in [0.1, 0.15) is 0 Å². The molecular formula is H5InOSbSn. The third kappa shape index (κ3) is 8.86. The monoisotopic (exact) mass is 377 g/mol. The topological polar surface area (TPSA) is 17.1 Å². The van der Waals surface area contributed by atoms with Gasteiger partial charge < -0.3 is 0 Å². The van der Waals surface area contributed by atoms with Crippen molar-refractivity contribution in [1.82, 2.24) is 0 Å². The third-order valence-electron chi connectivity index (χ3n) is 0. The molecule has 0 saturated heterocycles. The van der Waals surface area contributed by atoms with Crippen molar-refractivity contribution in [2.45, 2.75) is 0 Å². The zero-order chi connectivity index (χ0) is 2.00. The van der Waals surface area contributed by atoms with Gasteiger partial charge in [0.1, 0.15) is 0 Å². The van der Waals surface area contributed by atoms with E-state index in [4.69, 9.17) is 3.02 Å². The number of hydrogen-bond donors (Lipinski definition) is 0.